The first-order chi connectivity index (χ1) is 16.1. The van der Waals surface area contributed by atoms with E-state index in [9.17, 15) is 14.7 Å². The van der Waals surface area contributed by atoms with Crippen molar-refractivity contribution in [1.82, 2.24) is 19.7 Å². The number of carbonyl (C=O) groups excluding carboxylic acids is 1. The molecule has 2 aromatic heterocycles. The van der Waals surface area contributed by atoms with Crippen LogP contribution in [-0.2, 0) is 13.0 Å². The van der Waals surface area contributed by atoms with Gasteiger partial charge in [0.05, 0.1) is 11.3 Å². The predicted molar refractivity (Wildman–Crippen MR) is 124 cm³/mol. The Kier molecular flexibility index (Phi) is 6.69. The Morgan fingerprint density at radius 1 is 0.970 bits per heavy atom. The maximum atomic E-state index is 12.8. The topological polar surface area (TPSA) is 98.0 Å². The number of carboxylic acid groups (broad SMARTS) is 1. The van der Waals surface area contributed by atoms with Crippen LogP contribution in [0.5, 0.6) is 0 Å². The SMILES string of the molecule is CCCCn1nc(C(=O)c2ccccc2)nc1Cc1ccc(-c2ncccc2C(=O)O)cc1. The van der Waals surface area contributed by atoms with Crippen molar-refractivity contribution in [3.8, 4) is 11.3 Å². The number of ketones is 1. The molecule has 7 nitrogen and oxygen atoms in total. The van der Waals surface area contributed by atoms with Crippen molar-refractivity contribution in [2.75, 3.05) is 0 Å². The number of hydrogen-bond acceptors (Lipinski definition) is 5. The number of carboxylic acids is 1. The molecule has 0 bridgehead atoms. The van der Waals surface area contributed by atoms with Gasteiger partial charge >= 0.3 is 5.97 Å². The van der Waals surface area contributed by atoms with Crippen molar-refractivity contribution in [3.05, 3.63) is 101 Å². The Labute approximate surface area is 191 Å². The number of unbranched alkanes of at least 4 members (excludes halogenated alkanes) is 1. The van der Waals surface area contributed by atoms with Gasteiger partial charge in [-0.2, -0.15) is 0 Å². The number of pyridine rings is 1. The van der Waals surface area contributed by atoms with Gasteiger partial charge in [-0.15, -0.1) is 5.10 Å². The van der Waals surface area contributed by atoms with Crippen molar-refractivity contribution < 1.29 is 14.7 Å². The average Bonchev–Trinajstić information content (AvgIpc) is 3.25. The molecule has 0 fully saturated rings. The zero-order valence-electron chi connectivity index (χ0n) is 18.3. The first-order valence-electron chi connectivity index (χ1n) is 10.9. The van der Waals surface area contributed by atoms with E-state index in [2.05, 4.69) is 22.0 Å². The maximum Gasteiger partial charge on any atom is 0.337 e. The van der Waals surface area contributed by atoms with Crippen LogP contribution < -0.4 is 0 Å². The van der Waals surface area contributed by atoms with Crippen LogP contribution in [0.1, 0.15) is 57.7 Å². The third-order valence-corrected chi connectivity index (χ3v) is 5.34. The molecule has 1 N–H and O–H groups in total. The van der Waals surface area contributed by atoms with E-state index in [1.54, 1.807) is 30.5 Å². The molecule has 0 saturated heterocycles. The quantitative estimate of drug-likeness (QED) is 0.380. The normalized spacial score (nSPS) is 10.8. The number of aromatic nitrogens is 4. The molecular formula is C26H24N4O3. The van der Waals surface area contributed by atoms with Crippen molar-refractivity contribution >= 4 is 11.8 Å². The number of aromatic carboxylic acids is 1. The van der Waals surface area contributed by atoms with Gasteiger partial charge in [0.1, 0.15) is 5.82 Å². The van der Waals surface area contributed by atoms with Crippen molar-refractivity contribution in [2.45, 2.75) is 32.7 Å². The van der Waals surface area contributed by atoms with Gasteiger partial charge in [0, 0.05) is 30.3 Å². The summed E-state index contributed by atoms with van der Waals surface area (Å²) in [6.07, 6.45) is 4.03. The monoisotopic (exact) mass is 440 g/mol. The first kappa shape index (κ1) is 22.1. The Morgan fingerprint density at radius 2 is 1.73 bits per heavy atom. The second-order valence-corrected chi connectivity index (χ2v) is 7.70. The molecule has 0 aliphatic rings. The molecule has 166 valence electrons. The average molecular weight is 441 g/mol. The summed E-state index contributed by atoms with van der Waals surface area (Å²) in [5, 5.41) is 13.9. The molecule has 4 rings (SSSR count). The zero-order valence-corrected chi connectivity index (χ0v) is 18.3. The molecule has 2 aromatic carbocycles. The van der Waals surface area contributed by atoms with Crippen LogP contribution in [0.4, 0.5) is 0 Å². The summed E-state index contributed by atoms with van der Waals surface area (Å²) in [5.41, 5.74) is 2.86. The Bertz CT molecular complexity index is 1260. The van der Waals surface area contributed by atoms with Gasteiger partial charge in [-0.05, 0) is 24.1 Å². The van der Waals surface area contributed by atoms with E-state index in [0.717, 1.165) is 29.8 Å². The molecular weight excluding hydrogens is 416 g/mol. The van der Waals surface area contributed by atoms with E-state index in [0.29, 0.717) is 24.2 Å². The van der Waals surface area contributed by atoms with Crippen molar-refractivity contribution in [3.63, 3.8) is 0 Å². The molecule has 33 heavy (non-hydrogen) atoms. The third kappa shape index (κ3) is 5.03. The summed E-state index contributed by atoms with van der Waals surface area (Å²) in [7, 11) is 0. The standard InChI is InChI=1S/C26H24N4O3/c1-2-3-16-30-22(28-25(29-30)24(31)20-8-5-4-6-9-20)17-18-11-13-19(14-12-18)23-21(26(32)33)10-7-15-27-23/h4-15H,2-3,16-17H2,1H3,(H,32,33). The smallest absolute Gasteiger partial charge is 0.337 e. The fourth-order valence-corrected chi connectivity index (χ4v) is 3.58. The van der Waals surface area contributed by atoms with Gasteiger partial charge in [-0.1, -0.05) is 67.9 Å². The largest absolute Gasteiger partial charge is 0.478 e. The molecule has 0 radical (unpaired) electrons. The fourth-order valence-electron chi connectivity index (χ4n) is 3.58. The molecule has 0 atom stereocenters. The number of carbonyl (C=O) groups is 2. The van der Waals surface area contributed by atoms with Crippen LogP contribution >= 0.6 is 0 Å². The van der Waals surface area contributed by atoms with Crippen LogP contribution in [0.2, 0.25) is 0 Å². The number of hydrogen-bond donors (Lipinski definition) is 1. The minimum atomic E-state index is -1.01. The molecule has 7 heteroatoms. The second-order valence-electron chi connectivity index (χ2n) is 7.70. The lowest BCUT2D eigenvalue weighted by atomic mass is 10.0. The Balaban J connectivity index is 1.60. The molecule has 0 unspecified atom stereocenters. The van der Waals surface area contributed by atoms with Crippen LogP contribution in [0.25, 0.3) is 11.3 Å². The van der Waals surface area contributed by atoms with E-state index < -0.39 is 5.97 Å². The molecule has 0 saturated carbocycles. The lowest BCUT2D eigenvalue weighted by molar-refractivity contribution is 0.0697. The number of benzene rings is 2. The molecule has 0 amide bonds. The lowest BCUT2D eigenvalue weighted by Crippen LogP contribution is -2.07. The van der Waals surface area contributed by atoms with Crippen LogP contribution in [0.15, 0.2) is 72.9 Å². The molecule has 2 heterocycles. The van der Waals surface area contributed by atoms with E-state index in [4.69, 9.17) is 0 Å². The summed E-state index contributed by atoms with van der Waals surface area (Å²) in [6, 6.07) is 19.7. The first-order valence-corrected chi connectivity index (χ1v) is 10.9. The summed E-state index contributed by atoms with van der Waals surface area (Å²) in [5.74, 6) is -0.288. The predicted octanol–water partition coefficient (Wildman–Crippen LogP) is 4.66. The van der Waals surface area contributed by atoms with Gasteiger partial charge in [0.2, 0.25) is 11.6 Å². The second kappa shape index (κ2) is 9.99. The molecule has 0 spiro atoms. The van der Waals surface area contributed by atoms with E-state index in [1.807, 2.05) is 47.1 Å². The van der Waals surface area contributed by atoms with E-state index in [-0.39, 0.29) is 17.2 Å². The van der Waals surface area contributed by atoms with Gasteiger partial charge in [-0.25, -0.2) is 14.5 Å². The highest BCUT2D eigenvalue weighted by molar-refractivity contribution is 6.06. The van der Waals surface area contributed by atoms with Crippen LogP contribution in [0.3, 0.4) is 0 Å². The lowest BCUT2D eigenvalue weighted by Gasteiger charge is -2.07. The van der Waals surface area contributed by atoms with Gasteiger partial charge < -0.3 is 5.11 Å². The summed E-state index contributed by atoms with van der Waals surface area (Å²) in [6.45, 7) is 2.79. The molecule has 0 aliphatic heterocycles. The number of aryl methyl sites for hydroxylation is 1. The highest BCUT2D eigenvalue weighted by Crippen LogP contribution is 2.22. The molecule has 4 aromatic rings. The Hall–Kier alpha value is -4.13. The van der Waals surface area contributed by atoms with Crippen LogP contribution in [-0.4, -0.2) is 36.6 Å². The minimum Gasteiger partial charge on any atom is -0.478 e. The summed E-state index contributed by atoms with van der Waals surface area (Å²) < 4.78 is 1.81. The zero-order chi connectivity index (χ0) is 23.2. The minimum absolute atomic E-state index is 0.161. The Morgan fingerprint density at radius 3 is 2.42 bits per heavy atom. The van der Waals surface area contributed by atoms with E-state index in [1.165, 1.54) is 0 Å². The highest BCUT2D eigenvalue weighted by atomic mass is 16.4. The maximum absolute atomic E-state index is 12.8. The van der Waals surface area contributed by atoms with Crippen molar-refractivity contribution in [1.29, 1.82) is 0 Å². The van der Waals surface area contributed by atoms with Gasteiger partial charge in [-0.3, -0.25) is 9.78 Å². The summed E-state index contributed by atoms with van der Waals surface area (Å²) >= 11 is 0. The number of rotatable bonds is 9. The van der Waals surface area contributed by atoms with Crippen LogP contribution in [0, 0.1) is 0 Å². The third-order valence-electron chi connectivity index (χ3n) is 5.34. The van der Waals surface area contributed by atoms with Crippen molar-refractivity contribution in [2.24, 2.45) is 0 Å². The van der Waals surface area contributed by atoms with Gasteiger partial charge in [0.15, 0.2) is 0 Å². The fraction of sp³-hybridized carbons (Fsp3) is 0.192. The van der Waals surface area contributed by atoms with Gasteiger partial charge in [0.25, 0.3) is 0 Å². The van der Waals surface area contributed by atoms with E-state index >= 15 is 0 Å². The highest BCUT2D eigenvalue weighted by Gasteiger charge is 2.18. The summed E-state index contributed by atoms with van der Waals surface area (Å²) in [4.78, 5) is 33.1. The number of nitrogens with zero attached hydrogens (tertiary/aromatic N) is 4. The molecule has 0 aliphatic carbocycles.